The molecular weight excluding hydrogens is 302 g/mol. The molecule has 23 heavy (non-hydrogen) atoms. The van der Waals surface area contributed by atoms with Gasteiger partial charge >= 0.3 is 24.0 Å². The summed E-state index contributed by atoms with van der Waals surface area (Å²) in [6.07, 6.45) is 0. The Hall–Kier alpha value is -3.16. The Kier molecular flexibility index (Phi) is 5.08. The van der Waals surface area contributed by atoms with Crippen LogP contribution in [0.5, 0.6) is 18.0 Å². The standard InChI is InChI=1S/C15H15N3O5/c1-9(10-7-5-4-6-8-10)11(12(19)20)23-15-17-13(21-2)16-14(18-15)22-3/h4-8H,1-3H3,(H,19,20)/b11-9+. The number of benzene rings is 1. The Morgan fingerprint density at radius 1 is 0.957 bits per heavy atom. The molecule has 0 spiro atoms. The molecule has 0 fully saturated rings. The van der Waals surface area contributed by atoms with Crippen LogP contribution in [-0.4, -0.2) is 40.2 Å². The van der Waals surface area contributed by atoms with Crippen LogP contribution in [-0.2, 0) is 4.79 Å². The van der Waals surface area contributed by atoms with Gasteiger partial charge in [-0.25, -0.2) is 4.79 Å². The van der Waals surface area contributed by atoms with E-state index in [-0.39, 0.29) is 23.8 Å². The van der Waals surface area contributed by atoms with Crippen molar-refractivity contribution in [3.8, 4) is 18.0 Å². The van der Waals surface area contributed by atoms with Gasteiger partial charge in [0.2, 0.25) is 5.76 Å². The van der Waals surface area contributed by atoms with E-state index in [4.69, 9.17) is 14.2 Å². The Bertz CT molecular complexity index is 709. The molecule has 0 saturated heterocycles. The van der Waals surface area contributed by atoms with Gasteiger partial charge in [-0.1, -0.05) is 30.3 Å². The number of hydrogen-bond acceptors (Lipinski definition) is 7. The third-order valence-electron chi connectivity index (χ3n) is 2.87. The van der Waals surface area contributed by atoms with Gasteiger partial charge in [0, 0.05) is 5.57 Å². The zero-order chi connectivity index (χ0) is 16.8. The lowest BCUT2D eigenvalue weighted by Gasteiger charge is -2.10. The Morgan fingerprint density at radius 2 is 1.48 bits per heavy atom. The smallest absolute Gasteiger partial charge is 0.372 e. The highest BCUT2D eigenvalue weighted by atomic mass is 16.5. The number of carboxylic acids is 1. The maximum absolute atomic E-state index is 11.5. The average molecular weight is 317 g/mol. The van der Waals surface area contributed by atoms with Crippen LogP contribution in [0.2, 0.25) is 0 Å². The minimum atomic E-state index is -1.25. The van der Waals surface area contributed by atoms with E-state index >= 15 is 0 Å². The quantitative estimate of drug-likeness (QED) is 0.635. The van der Waals surface area contributed by atoms with E-state index < -0.39 is 5.97 Å². The molecule has 0 aliphatic carbocycles. The summed E-state index contributed by atoms with van der Waals surface area (Å²) in [5.41, 5.74) is 1.13. The van der Waals surface area contributed by atoms with Crippen LogP contribution in [0.1, 0.15) is 12.5 Å². The Morgan fingerprint density at radius 3 is 1.96 bits per heavy atom. The van der Waals surface area contributed by atoms with Crippen molar-refractivity contribution in [2.24, 2.45) is 0 Å². The molecule has 0 amide bonds. The third kappa shape index (κ3) is 3.94. The van der Waals surface area contributed by atoms with Gasteiger partial charge in [0.25, 0.3) is 0 Å². The van der Waals surface area contributed by atoms with Crippen molar-refractivity contribution >= 4 is 11.5 Å². The second-order valence-corrected chi connectivity index (χ2v) is 4.32. The summed E-state index contributed by atoms with van der Waals surface area (Å²) in [7, 11) is 2.73. The van der Waals surface area contributed by atoms with Crippen LogP contribution < -0.4 is 14.2 Å². The summed E-state index contributed by atoms with van der Waals surface area (Å²) in [6, 6.07) is 8.65. The van der Waals surface area contributed by atoms with Crippen molar-refractivity contribution in [2.75, 3.05) is 14.2 Å². The first-order valence-electron chi connectivity index (χ1n) is 6.56. The Labute approximate surface area is 132 Å². The van der Waals surface area contributed by atoms with E-state index in [1.807, 2.05) is 6.07 Å². The molecular formula is C15H15N3O5. The number of allylic oxidation sites excluding steroid dienone is 1. The number of rotatable bonds is 6. The second kappa shape index (κ2) is 7.21. The number of ether oxygens (including phenoxy) is 3. The largest absolute Gasteiger partial charge is 0.475 e. The number of methoxy groups -OCH3 is 2. The van der Waals surface area contributed by atoms with E-state index in [0.717, 1.165) is 0 Å². The molecule has 120 valence electrons. The fourth-order valence-electron chi connectivity index (χ4n) is 1.74. The van der Waals surface area contributed by atoms with Crippen molar-refractivity contribution in [2.45, 2.75) is 6.92 Å². The van der Waals surface area contributed by atoms with Crippen LogP contribution >= 0.6 is 0 Å². The summed E-state index contributed by atoms with van der Waals surface area (Å²) in [6.45, 7) is 1.63. The van der Waals surface area contributed by atoms with Gasteiger partial charge in [-0.3, -0.25) is 0 Å². The predicted molar refractivity (Wildman–Crippen MR) is 80.2 cm³/mol. The number of nitrogens with zero attached hydrogens (tertiary/aromatic N) is 3. The normalized spacial score (nSPS) is 11.4. The first-order chi connectivity index (χ1) is 11.0. The molecule has 2 rings (SSSR count). The SMILES string of the molecule is COc1nc(OC)nc(O/C(C(=O)O)=C(\C)c2ccccc2)n1. The second-order valence-electron chi connectivity index (χ2n) is 4.32. The van der Waals surface area contributed by atoms with E-state index in [1.54, 1.807) is 31.2 Å². The highest BCUT2D eigenvalue weighted by Crippen LogP contribution is 2.22. The van der Waals surface area contributed by atoms with Crippen molar-refractivity contribution in [1.29, 1.82) is 0 Å². The van der Waals surface area contributed by atoms with Gasteiger partial charge in [-0.2, -0.15) is 0 Å². The number of aliphatic carboxylic acids is 1. The average Bonchev–Trinajstić information content (AvgIpc) is 2.59. The molecule has 1 N–H and O–H groups in total. The predicted octanol–water partition coefficient (Wildman–Crippen LogP) is 1.78. The van der Waals surface area contributed by atoms with Gasteiger partial charge < -0.3 is 19.3 Å². The van der Waals surface area contributed by atoms with Crippen LogP contribution in [0.3, 0.4) is 0 Å². The molecule has 0 bridgehead atoms. The zero-order valence-electron chi connectivity index (χ0n) is 12.8. The maximum atomic E-state index is 11.5. The Balaban J connectivity index is 2.43. The van der Waals surface area contributed by atoms with Gasteiger partial charge in [-0.05, 0) is 12.5 Å². The van der Waals surface area contributed by atoms with Gasteiger partial charge in [0.05, 0.1) is 14.2 Å². The molecule has 1 heterocycles. The molecule has 8 heteroatoms. The van der Waals surface area contributed by atoms with Crippen LogP contribution in [0.15, 0.2) is 36.1 Å². The third-order valence-corrected chi connectivity index (χ3v) is 2.87. The highest BCUT2D eigenvalue weighted by Gasteiger charge is 2.19. The lowest BCUT2D eigenvalue weighted by Crippen LogP contribution is -2.12. The fourth-order valence-corrected chi connectivity index (χ4v) is 1.74. The molecule has 0 aliphatic rings. The number of carboxylic acid groups (broad SMARTS) is 1. The topological polar surface area (TPSA) is 104 Å². The maximum Gasteiger partial charge on any atom is 0.372 e. The first kappa shape index (κ1) is 16.2. The molecule has 0 saturated carbocycles. The van der Waals surface area contributed by atoms with Crippen molar-refractivity contribution < 1.29 is 24.1 Å². The molecule has 0 atom stereocenters. The van der Waals surface area contributed by atoms with E-state index in [1.165, 1.54) is 14.2 Å². The van der Waals surface area contributed by atoms with E-state index in [2.05, 4.69) is 15.0 Å². The minimum absolute atomic E-state index is 0.0473. The summed E-state index contributed by atoms with van der Waals surface area (Å²) in [4.78, 5) is 23.0. The van der Waals surface area contributed by atoms with Crippen LogP contribution in [0.4, 0.5) is 0 Å². The number of carbonyl (C=O) groups is 1. The molecule has 0 radical (unpaired) electrons. The summed E-state index contributed by atoms with van der Waals surface area (Å²) < 4.78 is 15.1. The lowest BCUT2D eigenvalue weighted by atomic mass is 10.1. The van der Waals surface area contributed by atoms with Crippen molar-refractivity contribution in [1.82, 2.24) is 15.0 Å². The minimum Gasteiger partial charge on any atom is -0.475 e. The zero-order valence-corrected chi connectivity index (χ0v) is 12.8. The monoisotopic (exact) mass is 317 g/mol. The van der Waals surface area contributed by atoms with Crippen molar-refractivity contribution in [3.05, 3.63) is 41.7 Å². The summed E-state index contributed by atoms with van der Waals surface area (Å²) in [5, 5.41) is 9.40. The van der Waals surface area contributed by atoms with Crippen molar-refractivity contribution in [3.63, 3.8) is 0 Å². The van der Waals surface area contributed by atoms with Crippen LogP contribution in [0, 0.1) is 0 Å². The van der Waals surface area contributed by atoms with Gasteiger partial charge in [0.1, 0.15) is 0 Å². The molecule has 8 nitrogen and oxygen atoms in total. The van der Waals surface area contributed by atoms with Crippen LogP contribution in [0.25, 0.3) is 5.57 Å². The number of hydrogen-bond donors (Lipinski definition) is 1. The van der Waals surface area contributed by atoms with Gasteiger partial charge in [0.15, 0.2) is 0 Å². The molecule has 0 unspecified atom stereocenters. The van der Waals surface area contributed by atoms with E-state index in [9.17, 15) is 9.90 Å². The summed E-state index contributed by atoms with van der Waals surface area (Å²) in [5.74, 6) is -1.55. The lowest BCUT2D eigenvalue weighted by molar-refractivity contribution is -0.135. The number of aromatic nitrogens is 3. The summed E-state index contributed by atoms with van der Waals surface area (Å²) >= 11 is 0. The first-order valence-corrected chi connectivity index (χ1v) is 6.56. The fraction of sp³-hybridized carbons (Fsp3) is 0.200. The van der Waals surface area contributed by atoms with E-state index in [0.29, 0.717) is 11.1 Å². The molecule has 0 aliphatic heterocycles. The highest BCUT2D eigenvalue weighted by molar-refractivity contribution is 5.94. The van der Waals surface area contributed by atoms with Gasteiger partial charge in [-0.15, -0.1) is 15.0 Å². The molecule has 1 aromatic carbocycles. The molecule has 2 aromatic rings. The molecule has 1 aromatic heterocycles.